The molecule has 1 N–H and O–H groups in total. The third-order valence-corrected chi connectivity index (χ3v) is 6.73. The molecule has 1 aromatic rings. The summed E-state index contributed by atoms with van der Waals surface area (Å²) in [5.41, 5.74) is 1.76. The minimum Gasteiger partial charge on any atom is -0.342 e. The van der Waals surface area contributed by atoms with E-state index in [1.807, 2.05) is 17.9 Å². The number of piperidine rings is 1. The highest BCUT2D eigenvalue weighted by molar-refractivity contribution is 5.85. The maximum Gasteiger partial charge on any atom is 0.227 e. The summed E-state index contributed by atoms with van der Waals surface area (Å²) < 4.78 is 1.84. The Morgan fingerprint density at radius 2 is 1.88 bits per heavy atom. The second kappa shape index (κ2) is 7.67. The van der Waals surface area contributed by atoms with Gasteiger partial charge in [-0.2, -0.15) is 5.10 Å². The molecule has 1 spiro atoms. The Kier molecular flexibility index (Phi) is 5.74. The van der Waals surface area contributed by atoms with Crippen LogP contribution in [0.3, 0.4) is 0 Å². The van der Waals surface area contributed by atoms with Crippen molar-refractivity contribution in [2.75, 3.05) is 26.2 Å². The van der Waals surface area contributed by atoms with Crippen molar-refractivity contribution < 1.29 is 4.79 Å². The summed E-state index contributed by atoms with van der Waals surface area (Å²) in [6.45, 7) is 3.63. The van der Waals surface area contributed by atoms with Crippen LogP contribution in [0.1, 0.15) is 56.4 Å². The molecule has 25 heavy (non-hydrogen) atoms. The Balaban J connectivity index is 0.00000182. The number of halogens is 1. The number of carbonyl (C=O) groups is 1. The smallest absolute Gasteiger partial charge is 0.227 e. The Hall–Kier alpha value is -1.07. The molecule has 0 aromatic carbocycles. The predicted molar refractivity (Wildman–Crippen MR) is 101 cm³/mol. The van der Waals surface area contributed by atoms with Gasteiger partial charge in [0.05, 0.1) is 12.1 Å². The first kappa shape index (κ1) is 18.7. The minimum atomic E-state index is 0. The fourth-order valence-electron chi connectivity index (χ4n) is 5.16. The van der Waals surface area contributed by atoms with Crippen LogP contribution in [-0.2, 0) is 11.8 Å². The van der Waals surface area contributed by atoms with Gasteiger partial charge in [-0.05, 0) is 36.7 Å². The van der Waals surface area contributed by atoms with E-state index < -0.39 is 0 Å². The molecule has 4 rings (SSSR count). The normalized spacial score (nSPS) is 28.8. The lowest BCUT2D eigenvalue weighted by atomic mass is 9.68. The minimum absolute atomic E-state index is 0. The topological polar surface area (TPSA) is 50.2 Å². The zero-order valence-corrected chi connectivity index (χ0v) is 16.1. The molecule has 1 amide bonds. The highest BCUT2D eigenvalue weighted by Crippen LogP contribution is 2.45. The molecule has 0 bridgehead atoms. The second-order valence-corrected chi connectivity index (χ2v) is 8.20. The molecule has 140 valence electrons. The average molecular weight is 367 g/mol. The quantitative estimate of drug-likeness (QED) is 0.875. The first-order valence-electron chi connectivity index (χ1n) is 9.65. The number of nitrogens with one attached hydrogen (secondary N) is 1. The summed E-state index contributed by atoms with van der Waals surface area (Å²) in [7, 11) is 1.94. The van der Waals surface area contributed by atoms with E-state index in [1.54, 1.807) is 0 Å². The fourth-order valence-corrected chi connectivity index (χ4v) is 5.16. The van der Waals surface area contributed by atoms with Gasteiger partial charge in [0, 0.05) is 45.3 Å². The van der Waals surface area contributed by atoms with Gasteiger partial charge in [0.25, 0.3) is 0 Å². The van der Waals surface area contributed by atoms with E-state index in [1.165, 1.54) is 50.5 Å². The highest BCUT2D eigenvalue weighted by Gasteiger charge is 2.41. The number of likely N-dealkylation sites (tertiary alicyclic amines) is 1. The maximum absolute atomic E-state index is 13.1. The standard InChI is InChI=1S/C19H30N4O.ClH/c1-22-14-15(11-21-22)16-12-20-13-17(16)18(24)23-9-7-19(8-10-23)5-3-2-4-6-19;/h11,14,16-17,20H,2-10,12-13H2,1H3;1H/t16-,17+;/m1./s1. The molecule has 0 radical (unpaired) electrons. The zero-order chi connectivity index (χ0) is 16.6. The number of aryl methyl sites for hydroxylation is 1. The summed E-state index contributed by atoms with van der Waals surface area (Å²) in [6, 6.07) is 0. The van der Waals surface area contributed by atoms with Crippen molar-refractivity contribution in [3.8, 4) is 0 Å². The van der Waals surface area contributed by atoms with Crippen molar-refractivity contribution in [2.24, 2.45) is 18.4 Å². The van der Waals surface area contributed by atoms with Crippen LogP contribution in [0, 0.1) is 11.3 Å². The van der Waals surface area contributed by atoms with Gasteiger partial charge in [0.15, 0.2) is 0 Å². The van der Waals surface area contributed by atoms with E-state index in [4.69, 9.17) is 0 Å². The van der Waals surface area contributed by atoms with Crippen molar-refractivity contribution in [1.82, 2.24) is 20.0 Å². The molecular weight excluding hydrogens is 336 g/mol. The molecule has 2 atom stereocenters. The van der Waals surface area contributed by atoms with Gasteiger partial charge >= 0.3 is 0 Å². The van der Waals surface area contributed by atoms with Crippen molar-refractivity contribution in [2.45, 2.75) is 50.9 Å². The molecule has 0 unspecified atom stereocenters. The van der Waals surface area contributed by atoms with Crippen LogP contribution < -0.4 is 5.32 Å². The maximum atomic E-state index is 13.1. The van der Waals surface area contributed by atoms with Crippen molar-refractivity contribution in [3.05, 3.63) is 18.0 Å². The molecule has 2 saturated heterocycles. The van der Waals surface area contributed by atoms with Crippen molar-refractivity contribution in [3.63, 3.8) is 0 Å². The molecule has 6 heteroatoms. The lowest BCUT2D eigenvalue weighted by Crippen LogP contribution is -2.47. The predicted octanol–water partition coefficient (Wildman–Crippen LogP) is 2.72. The first-order valence-corrected chi connectivity index (χ1v) is 9.65. The third kappa shape index (κ3) is 3.72. The van der Waals surface area contributed by atoms with Crippen molar-refractivity contribution >= 4 is 18.3 Å². The Morgan fingerprint density at radius 3 is 2.52 bits per heavy atom. The Morgan fingerprint density at radius 1 is 1.16 bits per heavy atom. The average Bonchev–Trinajstić information content (AvgIpc) is 3.24. The number of amides is 1. The van der Waals surface area contributed by atoms with Crippen LogP contribution in [0.15, 0.2) is 12.4 Å². The van der Waals surface area contributed by atoms with Gasteiger partial charge in [0.2, 0.25) is 5.91 Å². The van der Waals surface area contributed by atoms with Gasteiger partial charge in [-0.3, -0.25) is 9.48 Å². The number of nitrogens with zero attached hydrogens (tertiary/aromatic N) is 3. The van der Waals surface area contributed by atoms with Crippen LogP contribution >= 0.6 is 12.4 Å². The number of hydrogen-bond donors (Lipinski definition) is 1. The van der Waals surface area contributed by atoms with Crippen LogP contribution in [0.5, 0.6) is 0 Å². The SMILES string of the molecule is Cl.Cn1cc([C@H]2CNC[C@@H]2C(=O)N2CCC3(CCCCC3)CC2)cn1. The molecule has 5 nitrogen and oxygen atoms in total. The fraction of sp³-hybridized carbons (Fsp3) is 0.789. The number of aromatic nitrogens is 2. The number of carbonyl (C=O) groups excluding carboxylic acids is 1. The van der Waals surface area contributed by atoms with E-state index in [-0.39, 0.29) is 24.2 Å². The van der Waals surface area contributed by atoms with Crippen molar-refractivity contribution in [1.29, 1.82) is 0 Å². The first-order chi connectivity index (χ1) is 11.7. The molecule has 3 heterocycles. The van der Waals surface area contributed by atoms with Crippen LogP contribution in [-0.4, -0.2) is 46.8 Å². The highest BCUT2D eigenvalue weighted by atomic mass is 35.5. The largest absolute Gasteiger partial charge is 0.342 e. The van der Waals surface area contributed by atoms with E-state index >= 15 is 0 Å². The Labute approximate surface area is 156 Å². The molecule has 1 saturated carbocycles. The third-order valence-electron chi connectivity index (χ3n) is 6.73. The van der Waals surface area contributed by atoms with Gasteiger partial charge < -0.3 is 10.2 Å². The summed E-state index contributed by atoms with van der Waals surface area (Å²) in [6.07, 6.45) is 13.4. The lowest BCUT2D eigenvalue weighted by Gasteiger charge is -2.45. The summed E-state index contributed by atoms with van der Waals surface area (Å²) in [5, 5.41) is 7.71. The van der Waals surface area contributed by atoms with Gasteiger partial charge in [-0.25, -0.2) is 0 Å². The molecule has 1 aromatic heterocycles. The van der Waals surface area contributed by atoms with Gasteiger partial charge in [0.1, 0.15) is 0 Å². The molecule has 3 fully saturated rings. The summed E-state index contributed by atoms with van der Waals surface area (Å²) >= 11 is 0. The Bertz CT molecular complexity index is 586. The molecule has 1 aliphatic carbocycles. The van der Waals surface area contributed by atoms with E-state index in [9.17, 15) is 4.79 Å². The molecular formula is C19H31ClN4O. The van der Waals surface area contributed by atoms with E-state index in [0.717, 1.165) is 26.2 Å². The monoisotopic (exact) mass is 366 g/mol. The summed E-state index contributed by atoms with van der Waals surface area (Å²) in [4.78, 5) is 15.3. The van der Waals surface area contributed by atoms with Gasteiger partial charge in [-0.15, -0.1) is 12.4 Å². The van der Waals surface area contributed by atoms with Crippen LogP contribution in [0.2, 0.25) is 0 Å². The number of rotatable bonds is 2. The van der Waals surface area contributed by atoms with Crippen LogP contribution in [0.4, 0.5) is 0 Å². The summed E-state index contributed by atoms with van der Waals surface area (Å²) in [5.74, 6) is 0.714. The van der Waals surface area contributed by atoms with E-state index in [0.29, 0.717) is 11.3 Å². The molecule has 3 aliphatic rings. The van der Waals surface area contributed by atoms with E-state index in [2.05, 4.69) is 21.5 Å². The van der Waals surface area contributed by atoms with Crippen LogP contribution in [0.25, 0.3) is 0 Å². The zero-order valence-electron chi connectivity index (χ0n) is 15.2. The van der Waals surface area contributed by atoms with Gasteiger partial charge in [-0.1, -0.05) is 19.3 Å². The lowest BCUT2D eigenvalue weighted by molar-refractivity contribution is -0.138. The number of hydrogen-bond acceptors (Lipinski definition) is 3. The second-order valence-electron chi connectivity index (χ2n) is 8.20. The molecule has 2 aliphatic heterocycles.